The summed E-state index contributed by atoms with van der Waals surface area (Å²) in [6, 6.07) is 5.13. The number of carbonyl (C=O) groups excluding carboxylic acids is 3. The molecule has 0 aliphatic carbocycles. The van der Waals surface area contributed by atoms with Crippen molar-refractivity contribution in [3.8, 4) is 0 Å². The number of hydrogen-bond donors (Lipinski definition) is 1. The summed E-state index contributed by atoms with van der Waals surface area (Å²) in [6.45, 7) is 2.88. The van der Waals surface area contributed by atoms with E-state index in [2.05, 4.69) is 10.3 Å². The normalized spacial score (nSPS) is 18.5. The predicted molar refractivity (Wildman–Crippen MR) is 80.0 cm³/mol. The lowest BCUT2D eigenvalue weighted by molar-refractivity contribution is -0.130. The molecule has 1 aliphatic rings. The van der Waals surface area contributed by atoms with Crippen molar-refractivity contribution in [2.24, 2.45) is 5.92 Å². The SMILES string of the molecule is CNC(=O)C1CN(C(C)=O)CCN(C(=O)c2ccccn2)C1. The molecule has 1 aromatic heterocycles. The van der Waals surface area contributed by atoms with Crippen molar-refractivity contribution >= 4 is 17.7 Å². The summed E-state index contributed by atoms with van der Waals surface area (Å²) in [4.78, 5) is 43.4. The number of pyridine rings is 1. The van der Waals surface area contributed by atoms with Crippen LogP contribution in [0, 0.1) is 5.92 Å². The highest BCUT2D eigenvalue weighted by atomic mass is 16.2. The Kier molecular flexibility index (Phi) is 5.08. The smallest absolute Gasteiger partial charge is 0.272 e. The van der Waals surface area contributed by atoms with Crippen LogP contribution in [0.4, 0.5) is 0 Å². The molecule has 0 spiro atoms. The number of rotatable bonds is 2. The Morgan fingerprint density at radius 1 is 1.18 bits per heavy atom. The molecule has 118 valence electrons. The third-order valence-corrected chi connectivity index (χ3v) is 3.76. The number of nitrogens with zero attached hydrogens (tertiary/aromatic N) is 3. The quantitative estimate of drug-likeness (QED) is 0.816. The van der Waals surface area contributed by atoms with Crippen molar-refractivity contribution < 1.29 is 14.4 Å². The molecule has 0 radical (unpaired) electrons. The first kappa shape index (κ1) is 15.9. The van der Waals surface area contributed by atoms with E-state index in [9.17, 15) is 14.4 Å². The first-order valence-corrected chi connectivity index (χ1v) is 7.20. The Balaban J connectivity index is 2.19. The number of amides is 3. The third kappa shape index (κ3) is 3.60. The molecule has 1 saturated heterocycles. The van der Waals surface area contributed by atoms with Crippen LogP contribution >= 0.6 is 0 Å². The Bertz CT molecular complexity index is 561. The van der Waals surface area contributed by atoms with Crippen LogP contribution in [0.1, 0.15) is 17.4 Å². The maximum Gasteiger partial charge on any atom is 0.272 e. The van der Waals surface area contributed by atoms with Gasteiger partial charge in [0.05, 0.1) is 5.92 Å². The Morgan fingerprint density at radius 2 is 1.86 bits per heavy atom. The van der Waals surface area contributed by atoms with Crippen LogP contribution in [0.3, 0.4) is 0 Å². The van der Waals surface area contributed by atoms with E-state index in [4.69, 9.17) is 0 Å². The second-order valence-electron chi connectivity index (χ2n) is 5.24. The molecule has 7 heteroatoms. The van der Waals surface area contributed by atoms with Gasteiger partial charge in [-0.25, -0.2) is 0 Å². The summed E-state index contributed by atoms with van der Waals surface area (Å²) in [6.07, 6.45) is 1.56. The zero-order valence-electron chi connectivity index (χ0n) is 12.8. The van der Waals surface area contributed by atoms with Crippen molar-refractivity contribution in [3.63, 3.8) is 0 Å². The van der Waals surface area contributed by atoms with Gasteiger partial charge in [0.25, 0.3) is 5.91 Å². The van der Waals surface area contributed by atoms with Gasteiger partial charge in [-0.3, -0.25) is 19.4 Å². The molecule has 1 fully saturated rings. The van der Waals surface area contributed by atoms with Crippen molar-refractivity contribution in [2.45, 2.75) is 6.92 Å². The average Bonchev–Trinajstić information content (AvgIpc) is 2.77. The fraction of sp³-hybridized carbons (Fsp3) is 0.467. The van der Waals surface area contributed by atoms with E-state index in [1.165, 1.54) is 6.92 Å². The van der Waals surface area contributed by atoms with Crippen LogP contribution in [0.15, 0.2) is 24.4 Å². The molecule has 1 aliphatic heterocycles. The second-order valence-corrected chi connectivity index (χ2v) is 5.24. The third-order valence-electron chi connectivity index (χ3n) is 3.76. The highest BCUT2D eigenvalue weighted by Crippen LogP contribution is 2.13. The first-order chi connectivity index (χ1) is 10.5. The lowest BCUT2D eigenvalue weighted by Crippen LogP contribution is -2.42. The molecule has 1 atom stereocenters. The summed E-state index contributed by atoms with van der Waals surface area (Å²) >= 11 is 0. The van der Waals surface area contributed by atoms with Crippen LogP contribution in [0.25, 0.3) is 0 Å². The van der Waals surface area contributed by atoms with Gasteiger partial charge in [-0.1, -0.05) is 6.07 Å². The summed E-state index contributed by atoms with van der Waals surface area (Å²) < 4.78 is 0. The predicted octanol–water partition coefficient (Wildman–Crippen LogP) is -0.252. The van der Waals surface area contributed by atoms with E-state index in [1.54, 1.807) is 41.2 Å². The van der Waals surface area contributed by atoms with Crippen molar-refractivity contribution in [3.05, 3.63) is 30.1 Å². The molecule has 2 rings (SSSR count). The zero-order valence-corrected chi connectivity index (χ0v) is 12.8. The van der Waals surface area contributed by atoms with Crippen LogP contribution in [0.2, 0.25) is 0 Å². The van der Waals surface area contributed by atoms with E-state index in [1.807, 2.05) is 0 Å². The molecule has 0 saturated carbocycles. The van der Waals surface area contributed by atoms with Crippen LogP contribution in [0.5, 0.6) is 0 Å². The summed E-state index contributed by atoms with van der Waals surface area (Å²) in [5, 5.41) is 2.59. The lowest BCUT2D eigenvalue weighted by Gasteiger charge is -2.22. The molecule has 0 bridgehead atoms. The highest BCUT2D eigenvalue weighted by molar-refractivity contribution is 5.93. The Labute approximate surface area is 129 Å². The molecule has 1 aromatic rings. The Hall–Kier alpha value is -2.44. The van der Waals surface area contributed by atoms with Gasteiger partial charge in [0, 0.05) is 46.3 Å². The van der Waals surface area contributed by atoms with Gasteiger partial charge in [0.15, 0.2) is 0 Å². The van der Waals surface area contributed by atoms with E-state index in [0.717, 1.165) is 0 Å². The summed E-state index contributed by atoms with van der Waals surface area (Å²) in [5.74, 6) is -0.933. The zero-order chi connectivity index (χ0) is 16.1. The van der Waals surface area contributed by atoms with Gasteiger partial charge >= 0.3 is 0 Å². The second kappa shape index (κ2) is 7.02. The molecule has 7 nitrogen and oxygen atoms in total. The van der Waals surface area contributed by atoms with E-state index in [-0.39, 0.29) is 24.3 Å². The fourth-order valence-corrected chi connectivity index (χ4v) is 2.51. The minimum Gasteiger partial charge on any atom is -0.359 e. The number of nitrogens with one attached hydrogen (secondary N) is 1. The van der Waals surface area contributed by atoms with Gasteiger partial charge < -0.3 is 15.1 Å². The number of carbonyl (C=O) groups is 3. The minimum absolute atomic E-state index is 0.0963. The number of aromatic nitrogens is 1. The maximum absolute atomic E-state index is 12.5. The van der Waals surface area contributed by atoms with Crippen molar-refractivity contribution in [1.82, 2.24) is 20.1 Å². The van der Waals surface area contributed by atoms with Gasteiger partial charge in [-0.15, -0.1) is 0 Å². The molecule has 1 N–H and O–H groups in total. The van der Waals surface area contributed by atoms with Crippen LogP contribution < -0.4 is 5.32 Å². The first-order valence-electron chi connectivity index (χ1n) is 7.20. The van der Waals surface area contributed by atoms with Gasteiger partial charge in [-0.2, -0.15) is 0 Å². The molecular formula is C15H20N4O3. The monoisotopic (exact) mass is 304 g/mol. The van der Waals surface area contributed by atoms with Gasteiger partial charge in [-0.05, 0) is 12.1 Å². The van der Waals surface area contributed by atoms with Crippen LogP contribution in [-0.2, 0) is 9.59 Å². The van der Waals surface area contributed by atoms with E-state index >= 15 is 0 Å². The summed E-state index contributed by atoms with van der Waals surface area (Å²) in [7, 11) is 1.55. The fourth-order valence-electron chi connectivity index (χ4n) is 2.51. The topological polar surface area (TPSA) is 82.6 Å². The molecule has 1 unspecified atom stereocenters. The standard InChI is InChI=1S/C15H20N4O3/c1-11(20)18-7-8-19(10-12(9-18)14(21)16-2)15(22)13-5-3-4-6-17-13/h3-6,12H,7-10H2,1-2H3,(H,16,21). The van der Waals surface area contributed by atoms with E-state index < -0.39 is 5.92 Å². The van der Waals surface area contributed by atoms with E-state index in [0.29, 0.717) is 25.3 Å². The molecular weight excluding hydrogens is 284 g/mol. The highest BCUT2D eigenvalue weighted by Gasteiger charge is 2.31. The van der Waals surface area contributed by atoms with Crippen molar-refractivity contribution in [2.75, 3.05) is 33.2 Å². The molecule has 2 heterocycles. The van der Waals surface area contributed by atoms with Gasteiger partial charge in [0.2, 0.25) is 11.8 Å². The molecule has 0 aromatic carbocycles. The largest absolute Gasteiger partial charge is 0.359 e. The van der Waals surface area contributed by atoms with Crippen molar-refractivity contribution in [1.29, 1.82) is 0 Å². The lowest BCUT2D eigenvalue weighted by atomic mass is 10.1. The molecule has 22 heavy (non-hydrogen) atoms. The summed E-state index contributed by atoms with van der Waals surface area (Å²) in [5.41, 5.74) is 0.342. The maximum atomic E-state index is 12.5. The molecule has 3 amide bonds. The average molecular weight is 304 g/mol. The number of hydrogen-bond acceptors (Lipinski definition) is 4. The van der Waals surface area contributed by atoms with Gasteiger partial charge in [0.1, 0.15) is 5.69 Å². The Morgan fingerprint density at radius 3 is 2.45 bits per heavy atom. The van der Waals surface area contributed by atoms with Crippen LogP contribution in [-0.4, -0.2) is 65.7 Å². The minimum atomic E-state index is -0.441.